The molecular formula is C15H22N2O4. The fraction of sp³-hybridized carbons (Fsp3) is 0.533. The van der Waals surface area contributed by atoms with Gasteiger partial charge >= 0.3 is 5.97 Å². The first-order chi connectivity index (χ1) is 10.2. The lowest BCUT2D eigenvalue weighted by Gasteiger charge is -2.27. The number of morpholine rings is 1. The molecule has 0 saturated carbocycles. The molecule has 0 bridgehead atoms. The lowest BCUT2D eigenvalue weighted by Crippen LogP contribution is -2.41. The Labute approximate surface area is 124 Å². The summed E-state index contributed by atoms with van der Waals surface area (Å²) in [7, 11) is 1.57. The number of hydrogen-bond acceptors (Lipinski definition) is 5. The molecule has 2 N–H and O–H groups in total. The number of carbonyl (C=O) groups is 1. The second kappa shape index (κ2) is 7.97. The van der Waals surface area contributed by atoms with Gasteiger partial charge in [-0.15, -0.1) is 0 Å². The number of nitrogens with one attached hydrogen (secondary N) is 1. The minimum absolute atomic E-state index is 0.619. The largest absolute Gasteiger partial charge is 0.497 e. The van der Waals surface area contributed by atoms with Crippen molar-refractivity contribution >= 4 is 5.97 Å². The van der Waals surface area contributed by atoms with Gasteiger partial charge in [-0.2, -0.15) is 0 Å². The highest BCUT2D eigenvalue weighted by atomic mass is 16.5. The van der Waals surface area contributed by atoms with Gasteiger partial charge in [0, 0.05) is 26.2 Å². The molecule has 1 aromatic rings. The van der Waals surface area contributed by atoms with E-state index in [1.807, 2.05) is 0 Å². The third-order valence-electron chi connectivity index (χ3n) is 3.55. The van der Waals surface area contributed by atoms with E-state index in [9.17, 15) is 9.90 Å². The average molecular weight is 294 g/mol. The fourth-order valence-electron chi connectivity index (χ4n) is 2.36. The van der Waals surface area contributed by atoms with Crippen LogP contribution < -0.4 is 10.1 Å². The van der Waals surface area contributed by atoms with Crippen molar-refractivity contribution in [1.82, 2.24) is 10.2 Å². The van der Waals surface area contributed by atoms with E-state index in [4.69, 9.17) is 9.47 Å². The molecule has 1 atom stereocenters. The Kier molecular flexibility index (Phi) is 5.98. The Morgan fingerprint density at radius 3 is 2.90 bits per heavy atom. The van der Waals surface area contributed by atoms with Crippen LogP contribution in [0.4, 0.5) is 0 Å². The first-order valence-electron chi connectivity index (χ1n) is 7.11. The highest BCUT2D eigenvalue weighted by Gasteiger charge is 2.20. The molecule has 6 nitrogen and oxygen atoms in total. The van der Waals surface area contributed by atoms with Crippen LogP contribution in [-0.2, 0) is 9.53 Å². The summed E-state index contributed by atoms with van der Waals surface area (Å²) >= 11 is 0. The minimum Gasteiger partial charge on any atom is -0.497 e. The van der Waals surface area contributed by atoms with Crippen LogP contribution in [0, 0.1) is 0 Å². The zero-order chi connectivity index (χ0) is 15.1. The molecule has 1 unspecified atom stereocenters. The molecule has 0 aromatic heterocycles. The van der Waals surface area contributed by atoms with E-state index in [-0.39, 0.29) is 0 Å². The van der Waals surface area contributed by atoms with Crippen molar-refractivity contribution in [1.29, 1.82) is 0 Å². The normalized spacial score (nSPS) is 17.4. The summed E-state index contributed by atoms with van der Waals surface area (Å²) in [5, 5.41) is 12.5. The Balaban J connectivity index is 1.90. The Morgan fingerprint density at radius 1 is 1.48 bits per heavy atom. The molecule has 0 radical (unpaired) electrons. The highest BCUT2D eigenvalue weighted by molar-refractivity contribution is 5.75. The highest BCUT2D eigenvalue weighted by Crippen LogP contribution is 2.19. The van der Waals surface area contributed by atoms with E-state index in [1.165, 1.54) is 0 Å². The molecule has 1 aliphatic rings. The van der Waals surface area contributed by atoms with Crippen molar-refractivity contribution in [3.05, 3.63) is 29.8 Å². The predicted octanol–water partition coefficient (Wildman–Crippen LogP) is 0.743. The molecule has 116 valence electrons. The zero-order valence-corrected chi connectivity index (χ0v) is 12.2. The van der Waals surface area contributed by atoms with E-state index in [2.05, 4.69) is 10.2 Å². The van der Waals surface area contributed by atoms with Crippen molar-refractivity contribution in [3.8, 4) is 5.75 Å². The summed E-state index contributed by atoms with van der Waals surface area (Å²) < 4.78 is 10.4. The number of nitrogens with zero attached hydrogens (tertiary/aromatic N) is 1. The van der Waals surface area contributed by atoms with Gasteiger partial charge in [0.15, 0.2) is 0 Å². The molecule has 1 fully saturated rings. The number of carboxylic acids is 1. The summed E-state index contributed by atoms with van der Waals surface area (Å²) in [6.07, 6.45) is 0. The molecule has 2 rings (SSSR count). The number of aliphatic carboxylic acids is 1. The number of carboxylic acid groups (broad SMARTS) is 1. The van der Waals surface area contributed by atoms with E-state index in [1.54, 1.807) is 31.4 Å². The van der Waals surface area contributed by atoms with Crippen LogP contribution in [0.2, 0.25) is 0 Å². The van der Waals surface area contributed by atoms with Gasteiger partial charge in [-0.05, 0) is 17.7 Å². The van der Waals surface area contributed by atoms with E-state index in [0.29, 0.717) is 17.9 Å². The molecule has 1 aliphatic heterocycles. The van der Waals surface area contributed by atoms with Gasteiger partial charge in [0.05, 0.1) is 20.3 Å². The summed E-state index contributed by atoms with van der Waals surface area (Å²) in [6, 6.07) is 6.43. The molecule has 21 heavy (non-hydrogen) atoms. The lowest BCUT2D eigenvalue weighted by molar-refractivity contribution is -0.139. The van der Waals surface area contributed by atoms with Crippen LogP contribution in [-0.4, -0.2) is 62.5 Å². The first-order valence-corrected chi connectivity index (χ1v) is 7.11. The maximum Gasteiger partial charge on any atom is 0.325 e. The molecule has 6 heteroatoms. The maximum absolute atomic E-state index is 11.4. The van der Waals surface area contributed by atoms with Gasteiger partial charge in [0.1, 0.15) is 11.8 Å². The van der Waals surface area contributed by atoms with Crippen LogP contribution in [0.1, 0.15) is 11.6 Å². The van der Waals surface area contributed by atoms with Gasteiger partial charge in [-0.1, -0.05) is 12.1 Å². The van der Waals surface area contributed by atoms with Crippen LogP contribution in [0.3, 0.4) is 0 Å². The average Bonchev–Trinajstić information content (AvgIpc) is 2.52. The topological polar surface area (TPSA) is 71.0 Å². The van der Waals surface area contributed by atoms with E-state index >= 15 is 0 Å². The summed E-state index contributed by atoms with van der Waals surface area (Å²) in [6.45, 7) is 4.74. The van der Waals surface area contributed by atoms with Crippen LogP contribution >= 0.6 is 0 Å². The molecule has 0 amide bonds. The fourth-order valence-corrected chi connectivity index (χ4v) is 2.36. The third-order valence-corrected chi connectivity index (χ3v) is 3.55. The number of rotatable bonds is 7. The molecular weight excluding hydrogens is 272 g/mol. The van der Waals surface area contributed by atoms with Crippen molar-refractivity contribution < 1.29 is 19.4 Å². The van der Waals surface area contributed by atoms with Crippen molar-refractivity contribution in [3.63, 3.8) is 0 Å². The summed E-state index contributed by atoms with van der Waals surface area (Å²) in [5.41, 5.74) is 0.698. The van der Waals surface area contributed by atoms with Crippen molar-refractivity contribution in [2.45, 2.75) is 6.04 Å². The van der Waals surface area contributed by atoms with Gasteiger partial charge in [-0.25, -0.2) is 0 Å². The molecule has 0 spiro atoms. The van der Waals surface area contributed by atoms with Gasteiger partial charge < -0.3 is 14.6 Å². The van der Waals surface area contributed by atoms with Crippen LogP contribution in [0.15, 0.2) is 24.3 Å². The third kappa shape index (κ3) is 4.70. The lowest BCUT2D eigenvalue weighted by atomic mass is 10.1. The Hall–Kier alpha value is -1.63. The summed E-state index contributed by atoms with van der Waals surface area (Å²) in [5.74, 6) is -0.223. The molecule has 1 saturated heterocycles. The van der Waals surface area contributed by atoms with E-state index in [0.717, 1.165) is 32.8 Å². The predicted molar refractivity (Wildman–Crippen MR) is 78.6 cm³/mol. The van der Waals surface area contributed by atoms with E-state index < -0.39 is 12.0 Å². The molecule has 1 heterocycles. The van der Waals surface area contributed by atoms with Gasteiger partial charge in [-0.3, -0.25) is 15.0 Å². The number of hydrogen-bond donors (Lipinski definition) is 2. The number of methoxy groups -OCH3 is 1. The SMILES string of the molecule is COc1cccc(C(NCCN2CCOCC2)C(=O)O)c1. The minimum atomic E-state index is -0.884. The van der Waals surface area contributed by atoms with Crippen LogP contribution in [0.25, 0.3) is 0 Å². The quantitative estimate of drug-likeness (QED) is 0.773. The number of benzene rings is 1. The molecule has 1 aromatic carbocycles. The van der Waals surface area contributed by atoms with Gasteiger partial charge in [0.25, 0.3) is 0 Å². The monoisotopic (exact) mass is 294 g/mol. The Morgan fingerprint density at radius 2 is 2.24 bits per heavy atom. The number of ether oxygens (including phenoxy) is 2. The van der Waals surface area contributed by atoms with Crippen LogP contribution in [0.5, 0.6) is 5.75 Å². The van der Waals surface area contributed by atoms with Crippen molar-refractivity contribution in [2.24, 2.45) is 0 Å². The second-order valence-electron chi connectivity index (χ2n) is 4.96. The van der Waals surface area contributed by atoms with Gasteiger partial charge in [0.2, 0.25) is 0 Å². The van der Waals surface area contributed by atoms with Crippen molar-refractivity contribution in [2.75, 3.05) is 46.5 Å². The smallest absolute Gasteiger partial charge is 0.325 e. The first kappa shape index (κ1) is 15.8. The standard InChI is InChI=1S/C15H22N2O4/c1-20-13-4-2-3-12(11-13)14(15(18)19)16-5-6-17-7-9-21-10-8-17/h2-4,11,14,16H,5-10H2,1H3,(H,18,19). The maximum atomic E-state index is 11.4. The summed E-state index contributed by atoms with van der Waals surface area (Å²) in [4.78, 5) is 13.7. The Bertz CT molecular complexity index is 461. The second-order valence-corrected chi connectivity index (χ2v) is 4.96. The zero-order valence-electron chi connectivity index (χ0n) is 12.2. The molecule has 0 aliphatic carbocycles.